The molecule has 1 atom stereocenters. The van der Waals surface area contributed by atoms with Gasteiger partial charge in [0.1, 0.15) is 23.6 Å². The highest BCUT2D eigenvalue weighted by molar-refractivity contribution is 7.18. The van der Waals surface area contributed by atoms with E-state index in [9.17, 15) is 9.18 Å². The van der Waals surface area contributed by atoms with Gasteiger partial charge < -0.3 is 15.2 Å². The number of carbonyl (C=O) groups is 1. The molecule has 0 spiro atoms. The first-order valence-corrected chi connectivity index (χ1v) is 10.9. The maximum absolute atomic E-state index is 14.6. The minimum Gasteiger partial charge on any atom is -0.383 e. The Kier molecular flexibility index (Phi) is 4.87. The normalized spacial score (nSPS) is 15.8. The molecule has 2 N–H and O–H groups in total. The summed E-state index contributed by atoms with van der Waals surface area (Å²) in [4.78, 5) is 26.7. The molecule has 1 aliphatic heterocycles. The highest BCUT2D eigenvalue weighted by atomic mass is 32.1. The highest BCUT2D eigenvalue weighted by Gasteiger charge is 2.28. The van der Waals surface area contributed by atoms with Gasteiger partial charge in [0.05, 0.1) is 37.8 Å². The van der Waals surface area contributed by atoms with Crippen LogP contribution in [-0.2, 0) is 4.79 Å². The highest BCUT2D eigenvalue weighted by Crippen LogP contribution is 2.31. The first kappa shape index (κ1) is 20.2. The molecule has 1 amide bonds. The van der Waals surface area contributed by atoms with Crippen LogP contribution in [0.5, 0.6) is 0 Å². The third-order valence-electron chi connectivity index (χ3n) is 5.60. The number of thiazole rings is 1. The molecular formula is C23H19FN6OS. The molecule has 1 saturated heterocycles. The van der Waals surface area contributed by atoms with Crippen LogP contribution < -0.4 is 5.73 Å². The van der Waals surface area contributed by atoms with E-state index in [0.717, 1.165) is 21.6 Å². The minimum absolute atomic E-state index is 0.0253. The third kappa shape index (κ3) is 3.39. The molecule has 32 heavy (non-hydrogen) atoms. The van der Waals surface area contributed by atoms with Gasteiger partial charge in [-0.25, -0.2) is 19.3 Å². The number of aryl methyl sites for hydroxylation is 1. The maximum atomic E-state index is 14.6. The van der Waals surface area contributed by atoms with Gasteiger partial charge in [-0.3, -0.25) is 4.79 Å². The summed E-state index contributed by atoms with van der Waals surface area (Å²) >= 11 is 1.44. The second-order valence-electron chi connectivity index (χ2n) is 7.62. The molecule has 0 saturated carbocycles. The lowest BCUT2D eigenvalue weighted by Gasteiger charge is -2.15. The zero-order valence-electron chi connectivity index (χ0n) is 17.3. The van der Waals surface area contributed by atoms with E-state index in [-0.39, 0.29) is 17.5 Å². The molecule has 7 nitrogen and oxygen atoms in total. The van der Waals surface area contributed by atoms with Crippen molar-refractivity contribution in [2.45, 2.75) is 19.4 Å². The van der Waals surface area contributed by atoms with Crippen molar-refractivity contribution in [2.75, 3.05) is 18.8 Å². The number of hydrogen-bond acceptors (Lipinski definition) is 6. The van der Waals surface area contributed by atoms with Crippen LogP contribution in [0.15, 0.2) is 37.3 Å². The maximum Gasteiger partial charge on any atom is 0.246 e. The first-order chi connectivity index (χ1) is 15.4. The van der Waals surface area contributed by atoms with Crippen LogP contribution in [0, 0.1) is 24.6 Å². The SMILES string of the molecule is C=CC(=O)N1CC[C@H](n2cc(C#Cc3cc4nc(C)sc4cc3F)c3c(N)ncnc32)C1. The zero-order valence-corrected chi connectivity index (χ0v) is 18.1. The van der Waals surface area contributed by atoms with Crippen molar-refractivity contribution in [1.29, 1.82) is 0 Å². The van der Waals surface area contributed by atoms with Gasteiger partial charge >= 0.3 is 0 Å². The van der Waals surface area contributed by atoms with Crippen LogP contribution in [0.2, 0.25) is 0 Å². The Balaban J connectivity index is 1.57. The smallest absolute Gasteiger partial charge is 0.246 e. The van der Waals surface area contributed by atoms with Gasteiger partial charge in [0, 0.05) is 19.3 Å². The molecule has 160 valence electrons. The number of likely N-dealkylation sites (tertiary alicyclic amines) is 1. The molecule has 1 aliphatic rings. The molecule has 4 aromatic rings. The monoisotopic (exact) mass is 446 g/mol. The number of nitrogens with zero attached hydrogens (tertiary/aromatic N) is 5. The molecule has 0 aliphatic carbocycles. The molecule has 0 bridgehead atoms. The van der Waals surface area contributed by atoms with Gasteiger partial charge in [-0.2, -0.15) is 0 Å². The number of rotatable bonds is 2. The summed E-state index contributed by atoms with van der Waals surface area (Å²) in [5, 5.41) is 1.50. The number of amides is 1. The fourth-order valence-electron chi connectivity index (χ4n) is 4.07. The van der Waals surface area contributed by atoms with Crippen LogP contribution >= 0.6 is 11.3 Å². The fourth-order valence-corrected chi connectivity index (χ4v) is 4.91. The van der Waals surface area contributed by atoms with Crippen molar-refractivity contribution < 1.29 is 9.18 Å². The van der Waals surface area contributed by atoms with Crippen molar-refractivity contribution in [3.63, 3.8) is 0 Å². The molecule has 0 unspecified atom stereocenters. The summed E-state index contributed by atoms with van der Waals surface area (Å²) in [6, 6.07) is 3.15. The standard InChI is InChI=1S/C23H19FN6OS/c1-3-20(31)29-7-6-16(11-29)30-10-15(21-22(25)26-12-27-23(21)30)5-4-14-8-18-19(9-17(14)24)32-13(2)28-18/h3,8-10,12,16H,1,6-7,11H2,2H3,(H2,25,26,27)/t16-/m0/s1. The number of fused-ring (bicyclic) bond motifs is 2. The van der Waals surface area contributed by atoms with Gasteiger partial charge in [0.2, 0.25) is 5.91 Å². The number of aromatic nitrogens is 4. The van der Waals surface area contributed by atoms with Crippen molar-refractivity contribution in [2.24, 2.45) is 0 Å². The van der Waals surface area contributed by atoms with E-state index in [1.54, 1.807) is 11.0 Å². The molecule has 1 fully saturated rings. The van der Waals surface area contributed by atoms with E-state index < -0.39 is 5.82 Å². The van der Waals surface area contributed by atoms with Crippen molar-refractivity contribution in [3.8, 4) is 11.8 Å². The van der Waals surface area contributed by atoms with E-state index in [2.05, 4.69) is 33.4 Å². The Labute approximate surface area is 187 Å². The molecule has 9 heteroatoms. The Morgan fingerprint density at radius 2 is 2.16 bits per heavy atom. The Hall–Kier alpha value is -3.77. The van der Waals surface area contributed by atoms with E-state index >= 15 is 0 Å². The van der Waals surface area contributed by atoms with E-state index in [4.69, 9.17) is 5.73 Å². The predicted molar refractivity (Wildman–Crippen MR) is 123 cm³/mol. The van der Waals surface area contributed by atoms with Crippen molar-refractivity contribution >= 4 is 44.3 Å². The average Bonchev–Trinajstić information content (AvgIpc) is 3.48. The number of hydrogen-bond donors (Lipinski definition) is 1. The average molecular weight is 447 g/mol. The van der Waals surface area contributed by atoms with E-state index in [1.165, 1.54) is 29.8 Å². The quantitative estimate of drug-likeness (QED) is 0.376. The van der Waals surface area contributed by atoms with Crippen LogP contribution in [-0.4, -0.2) is 43.4 Å². The van der Waals surface area contributed by atoms with Crippen molar-refractivity contribution in [1.82, 2.24) is 24.4 Å². The topological polar surface area (TPSA) is 89.9 Å². The molecule has 1 aromatic carbocycles. The summed E-state index contributed by atoms with van der Waals surface area (Å²) < 4.78 is 17.4. The van der Waals surface area contributed by atoms with E-state index in [1.807, 2.05) is 17.7 Å². The zero-order chi connectivity index (χ0) is 22.4. The van der Waals surface area contributed by atoms with Crippen molar-refractivity contribution in [3.05, 3.63) is 59.3 Å². The van der Waals surface area contributed by atoms with Gasteiger partial charge in [0.15, 0.2) is 0 Å². The number of benzene rings is 1. The molecule has 5 rings (SSSR count). The predicted octanol–water partition coefficient (Wildman–Crippen LogP) is 3.43. The number of nitrogens with two attached hydrogens (primary N) is 1. The summed E-state index contributed by atoms with van der Waals surface area (Å²) in [5.41, 5.74) is 8.40. The minimum atomic E-state index is -0.393. The molecule has 4 heterocycles. The van der Waals surface area contributed by atoms with E-state index in [0.29, 0.717) is 35.5 Å². The second-order valence-corrected chi connectivity index (χ2v) is 8.86. The van der Waals surface area contributed by atoms with Gasteiger partial charge in [-0.1, -0.05) is 18.4 Å². The number of halogens is 1. The van der Waals surface area contributed by atoms with Crippen LogP contribution in [0.1, 0.15) is 28.6 Å². The Bertz CT molecular complexity index is 1460. The lowest BCUT2D eigenvalue weighted by Crippen LogP contribution is -2.27. The number of carbonyl (C=O) groups excluding carboxylic acids is 1. The second kappa shape index (κ2) is 7.73. The van der Waals surface area contributed by atoms with Crippen LogP contribution in [0.3, 0.4) is 0 Å². The summed E-state index contributed by atoms with van der Waals surface area (Å²) in [6.45, 7) is 6.62. The van der Waals surface area contributed by atoms with Crippen LogP contribution in [0.4, 0.5) is 10.2 Å². The largest absolute Gasteiger partial charge is 0.383 e. The van der Waals surface area contributed by atoms with Gasteiger partial charge in [0.25, 0.3) is 0 Å². The lowest BCUT2D eigenvalue weighted by molar-refractivity contribution is -0.125. The lowest BCUT2D eigenvalue weighted by atomic mass is 10.1. The van der Waals surface area contributed by atoms with Gasteiger partial charge in [-0.15, -0.1) is 11.3 Å². The molecule has 3 aromatic heterocycles. The van der Waals surface area contributed by atoms with Gasteiger partial charge in [-0.05, 0) is 31.6 Å². The number of anilines is 1. The summed E-state index contributed by atoms with van der Waals surface area (Å²) in [5.74, 6) is 5.80. The summed E-state index contributed by atoms with van der Waals surface area (Å²) in [7, 11) is 0. The Morgan fingerprint density at radius 3 is 2.97 bits per heavy atom. The first-order valence-electron chi connectivity index (χ1n) is 10.1. The fraction of sp³-hybridized carbons (Fsp3) is 0.217. The Morgan fingerprint density at radius 1 is 1.34 bits per heavy atom. The van der Waals surface area contributed by atoms with Crippen LogP contribution in [0.25, 0.3) is 21.3 Å². The molecular weight excluding hydrogens is 427 g/mol. The summed E-state index contributed by atoms with van der Waals surface area (Å²) in [6.07, 6.45) is 5.36. The molecule has 0 radical (unpaired) electrons. The number of nitrogen functional groups attached to an aromatic ring is 1. The third-order valence-corrected chi connectivity index (χ3v) is 6.53.